The Morgan fingerprint density at radius 1 is 1.03 bits per heavy atom. The second-order valence-electron chi connectivity index (χ2n) is 11.5. The second kappa shape index (κ2) is 7.82. The first kappa shape index (κ1) is 21.6. The van der Waals surface area contributed by atoms with E-state index in [1.807, 2.05) is 0 Å². The standard InChI is InChI=1S/C25H42O4/c1-15(5-8-22(28)29-4)18-6-7-19-23-20(10-12-25(18,19)3)24(2)11-9-17(26)13-16(24)14-21(23)27/h15-21,23,26-27H,5-14H2,1-4H3/t15-,16-,17+,18-,19+,20+,21+,23?,24+,25-/m1/s1. The summed E-state index contributed by atoms with van der Waals surface area (Å²) < 4.78 is 4.86. The van der Waals surface area contributed by atoms with Crippen LogP contribution in [-0.2, 0) is 9.53 Å². The summed E-state index contributed by atoms with van der Waals surface area (Å²) in [6, 6.07) is 0. The van der Waals surface area contributed by atoms with E-state index in [9.17, 15) is 15.0 Å². The Hall–Kier alpha value is -0.610. The van der Waals surface area contributed by atoms with Gasteiger partial charge in [0.1, 0.15) is 0 Å². The molecule has 4 heteroatoms. The molecule has 0 bridgehead atoms. The van der Waals surface area contributed by atoms with Crippen molar-refractivity contribution in [1.82, 2.24) is 0 Å². The fraction of sp³-hybridized carbons (Fsp3) is 0.960. The monoisotopic (exact) mass is 406 g/mol. The van der Waals surface area contributed by atoms with E-state index < -0.39 is 0 Å². The molecule has 4 rings (SSSR count). The van der Waals surface area contributed by atoms with Gasteiger partial charge in [0.2, 0.25) is 0 Å². The molecule has 4 saturated carbocycles. The number of hydrogen-bond donors (Lipinski definition) is 2. The average molecular weight is 407 g/mol. The molecule has 4 aliphatic carbocycles. The summed E-state index contributed by atoms with van der Waals surface area (Å²) in [7, 11) is 1.48. The van der Waals surface area contributed by atoms with Gasteiger partial charge < -0.3 is 14.9 Å². The minimum Gasteiger partial charge on any atom is -0.469 e. The van der Waals surface area contributed by atoms with Gasteiger partial charge in [0.05, 0.1) is 19.3 Å². The largest absolute Gasteiger partial charge is 0.469 e. The molecule has 2 N–H and O–H groups in total. The summed E-state index contributed by atoms with van der Waals surface area (Å²) in [5, 5.41) is 21.5. The van der Waals surface area contributed by atoms with Crippen molar-refractivity contribution in [2.75, 3.05) is 7.11 Å². The van der Waals surface area contributed by atoms with Crippen LogP contribution in [0, 0.1) is 46.3 Å². The highest BCUT2D eigenvalue weighted by Crippen LogP contribution is 2.68. The van der Waals surface area contributed by atoms with Crippen LogP contribution in [0.3, 0.4) is 0 Å². The molecular formula is C25H42O4. The molecule has 0 radical (unpaired) electrons. The van der Waals surface area contributed by atoms with Crippen LogP contribution in [0.2, 0.25) is 0 Å². The maximum Gasteiger partial charge on any atom is 0.305 e. The molecule has 4 nitrogen and oxygen atoms in total. The van der Waals surface area contributed by atoms with E-state index in [1.54, 1.807) is 0 Å². The first-order valence-electron chi connectivity index (χ1n) is 12.1. The third-order valence-electron chi connectivity index (χ3n) is 10.4. The highest BCUT2D eigenvalue weighted by molar-refractivity contribution is 5.69. The molecule has 0 saturated heterocycles. The van der Waals surface area contributed by atoms with Crippen molar-refractivity contribution in [3.05, 3.63) is 0 Å². The fourth-order valence-corrected chi connectivity index (χ4v) is 8.82. The Kier molecular flexibility index (Phi) is 5.83. The summed E-state index contributed by atoms with van der Waals surface area (Å²) >= 11 is 0. The Balaban J connectivity index is 1.53. The maximum absolute atomic E-state index is 11.6. The highest BCUT2D eigenvalue weighted by Gasteiger charge is 2.62. The number of esters is 1. The first-order valence-corrected chi connectivity index (χ1v) is 12.1. The van der Waals surface area contributed by atoms with E-state index in [4.69, 9.17) is 4.74 Å². The number of hydrogen-bond acceptors (Lipinski definition) is 4. The van der Waals surface area contributed by atoms with Crippen molar-refractivity contribution in [3.63, 3.8) is 0 Å². The number of methoxy groups -OCH3 is 1. The van der Waals surface area contributed by atoms with Gasteiger partial charge in [0, 0.05) is 6.42 Å². The van der Waals surface area contributed by atoms with Crippen molar-refractivity contribution >= 4 is 5.97 Å². The second-order valence-corrected chi connectivity index (χ2v) is 11.5. The van der Waals surface area contributed by atoms with Crippen molar-refractivity contribution in [2.24, 2.45) is 46.3 Å². The molecule has 0 spiro atoms. The van der Waals surface area contributed by atoms with E-state index in [0.29, 0.717) is 47.3 Å². The van der Waals surface area contributed by atoms with E-state index in [1.165, 1.54) is 32.8 Å². The van der Waals surface area contributed by atoms with Crippen LogP contribution in [0.5, 0.6) is 0 Å². The van der Waals surface area contributed by atoms with Crippen LogP contribution in [0.4, 0.5) is 0 Å². The van der Waals surface area contributed by atoms with Gasteiger partial charge in [-0.05, 0) is 104 Å². The van der Waals surface area contributed by atoms with Crippen molar-refractivity contribution in [1.29, 1.82) is 0 Å². The van der Waals surface area contributed by atoms with Gasteiger partial charge in [0.15, 0.2) is 0 Å². The van der Waals surface area contributed by atoms with Crippen molar-refractivity contribution in [2.45, 2.75) is 97.2 Å². The number of aliphatic hydroxyl groups is 2. The molecule has 0 heterocycles. The van der Waals surface area contributed by atoms with E-state index in [-0.39, 0.29) is 23.6 Å². The minimum atomic E-state index is -0.211. The number of ether oxygens (including phenoxy) is 1. The van der Waals surface area contributed by atoms with Gasteiger partial charge in [-0.1, -0.05) is 20.8 Å². The van der Waals surface area contributed by atoms with Crippen LogP contribution in [0.1, 0.15) is 85.0 Å². The number of carbonyl (C=O) groups excluding carboxylic acids is 1. The predicted octanol–water partition coefficient (Wildman–Crippen LogP) is 4.57. The normalized spacial score (nSPS) is 50.2. The molecule has 0 amide bonds. The summed E-state index contributed by atoms with van der Waals surface area (Å²) in [5.74, 6) is 3.17. The van der Waals surface area contributed by atoms with E-state index in [2.05, 4.69) is 20.8 Å². The van der Waals surface area contributed by atoms with Gasteiger partial charge in [-0.3, -0.25) is 4.79 Å². The van der Waals surface area contributed by atoms with Crippen LogP contribution in [-0.4, -0.2) is 35.5 Å². The Morgan fingerprint density at radius 2 is 1.72 bits per heavy atom. The van der Waals surface area contributed by atoms with Crippen LogP contribution >= 0.6 is 0 Å². The topological polar surface area (TPSA) is 66.8 Å². The SMILES string of the molecule is COC(=O)CC[C@@H](C)[C@H]1CC[C@H]2C3[C@@H](O)C[C@H]4C[C@@H](O)CC[C@]4(C)[C@H]3CC[C@]12C. The summed E-state index contributed by atoms with van der Waals surface area (Å²) in [6.07, 6.45) is 9.80. The molecule has 0 aromatic rings. The van der Waals surface area contributed by atoms with Gasteiger partial charge in [-0.25, -0.2) is 0 Å². The van der Waals surface area contributed by atoms with Crippen molar-refractivity contribution < 1.29 is 19.7 Å². The Morgan fingerprint density at radius 3 is 2.45 bits per heavy atom. The summed E-state index contributed by atoms with van der Waals surface area (Å²) in [5.41, 5.74) is 0.577. The van der Waals surface area contributed by atoms with Gasteiger partial charge in [0.25, 0.3) is 0 Å². The van der Waals surface area contributed by atoms with Gasteiger partial charge in [-0.2, -0.15) is 0 Å². The Labute approximate surface area is 176 Å². The number of rotatable bonds is 4. The third kappa shape index (κ3) is 3.46. The molecule has 4 aliphatic rings. The molecule has 29 heavy (non-hydrogen) atoms. The average Bonchev–Trinajstić information content (AvgIpc) is 3.04. The number of fused-ring (bicyclic) bond motifs is 5. The smallest absolute Gasteiger partial charge is 0.305 e. The zero-order valence-corrected chi connectivity index (χ0v) is 18.9. The molecule has 0 aliphatic heterocycles. The lowest BCUT2D eigenvalue weighted by molar-refractivity contribution is -0.174. The van der Waals surface area contributed by atoms with E-state index in [0.717, 1.165) is 32.1 Å². The van der Waals surface area contributed by atoms with Gasteiger partial charge in [-0.15, -0.1) is 0 Å². The lowest BCUT2D eigenvalue weighted by Gasteiger charge is -2.62. The molecular weight excluding hydrogens is 364 g/mol. The first-order chi connectivity index (χ1) is 13.7. The van der Waals surface area contributed by atoms with Gasteiger partial charge >= 0.3 is 5.97 Å². The van der Waals surface area contributed by atoms with Crippen LogP contribution in [0.25, 0.3) is 0 Å². The van der Waals surface area contributed by atoms with Crippen LogP contribution < -0.4 is 0 Å². The summed E-state index contributed by atoms with van der Waals surface area (Å²) in [4.78, 5) is 11.6. The molecule has 0 aromatic heterocycles. The lowest BCUT2D eigenvalue weighted by atomic mass is 9.43. The summed E-state index contributed by atoms with van der Waals surface area (Å²) in [6.45, 7) is 7.29. The number of aliphatic hydroxyl groups excluding tert-OH is 2. The highest BCUT2D eigenvalue weighted by atomic mass is 16.5. The quantitative estimate of drug-likeness (QED) is 0.671. The number of carbonyl (C=O) groups is 1. The van der Waals surface area contributed by atoms with Crippen molar-refractivity contribution in [3.8, 4) is 0 Å². The molecule has 10 atom stereocenters. The molecule has 166 valence electrons. The zero-order chi connectivity index (χ0) is 21.0. The fourth-order valence-electron chi connectivity index (χ4n) is 8.82. The predicted molar refractivity (Wildman–Crippen MR) is 113 cm³/mol. The lowest BCUT2D eigenvalue weighted by Crippen LogP contribution is -2.58. The van der Waals surface area contributed by atoms with Crippen LogP contribution in [0.15, 0.2) is 0 Å². The maximum atomic E-state index is 11.6. The third-order valence-corrected chi connectivity index (χ3v) is 10.4. The minimum absolute atomic E-state index is 0.0959. The molecule has 0 aromatic carbocycles. The van der Waals surface area contributed by atoms with E-state index >= 15 is 0 Å². The Bertz CT molecular complexity index is 620. The molecule has 1 unspecified atom stereocenters. The molecule has 4 fully saturated rings. The zero-order valence-electron chi connectivity index (χ0n) is 18.9.